The number of hydrogen-bond acceptors (Lipinski definition) is 3. The van der Waals surface area contributed by atoms with Crippen molar-refractivity contribution in [1.82, 2.24) is 0 Å². The van der Waals surface area contributed by atoms with Gasteiger partial charge in [0.1, 0.15) is 12.2 Å². The van der Waals surface area contributed by atoms with Crippen molar-refractivity contribution in [2.45, 2.75) is 33.1 Å². The van der Waals surface area contributed by atoms with E-state index in [0.717, 1.165) is 6.42 Å². The molecule has 0 aromatic heterocycles. The molecule has 0 rings (SSSR count). The lowest BCUT2D eigenvalue weighted by Gasteiger charge is -1.90. The molecule has 0 heterocycles. The standard InChI is InChI=1S/C6H10O3.C4H6O2/c1-2-3-5(7)4-6(8)9;1-3(2)4(5)6/h2-4H2,1H3,(H,8,9);1H2,2H3,(H,5,6). The van der Waals surface area contributed by atoms with Crippen LogP contribution in [0.4, 0.5) is 0 Å². The summed E-state index contributed by atoms with van der Waals surface area (Å²) in [6, 6.07) is 0. The van der Waals surface area contributed by atoms with Crippen molar-refractivity contribution in [3.63, 3.8) is 0 Å². The highest BCUT2D eigenvalue weighted by atomic mass is 16.4. The summed E-state index contributed by atoms with van der Waals surface area (Å²) in [6.07, 6.45) is 0.784. The first-order chi connectivity index (χ1) is 6.81. The van der Waals surface area contributed by atoms with Crippen LogP contribution < -0.4 is 0 Å². The smallest absolute Gasteiger partial charge is 0.330 e. The minimum absolute atomic E-state index is 0.176. The lowest BCUT2D eigenvalue weighted by Crippen LogP contribution is -2.05. The molecule has 0 amide bonds. The predicted molar refractivity (Wildman–Crippen MR) is 54.6 cm³/mol. The second-order valence-corrected chi connectivity index (χ2v) is 2.94. The van der Waals surface area contributed by atoms with Gasteiger partial charge in [-0.15, -0.1) is 0 Å². The van der Waals surface area contributed by atoms with E-state index in [4.69, 9.17) is 10.2 Å². The number of ketones is 1. The zero-order chi connectivity index (χ0) is 12.4. The normalized spacial score (nSPS) is 8.40. The molecule has 0 saturated carbocycles. The third-order valence-corrected chi connectivity index (χ3v) is 1.24. The van der Waals surface area contributed by atoms with Crippen LogP contribution in [0.2, 0.25) is 0 Å². The Kier molecular flexibility index (Phi) is 9.41. The van der Waals surface area contributed by atoms with Gasteiger partial charge in [-0.2, -0.15) is 0 Å². The quantitative estimate of drug-likeness (QED) is 0.536. The highest BCUT2D eigenvalue weighted by Crippen LogP contribution is 1.92. The largest absolute Gasteiger partial charge is 0.481 e. The van der Waals surface area contributed by atoms with Crippen LogP contribution in [0.15, 0.2) is 12.2 Å². The van der Waals surface area contributed by atoms with Gasteiger partial charge in [-0.25, -0.2) is 4.79 Å². The molecule has 0 aliphatic rings. The van der Waals surface area contributed by atoms with E-state index in [0.29, 0.717) is 6.42 Å². The van der Waals surface area contributed by atoms with E-state index in [1.807, 2.05) is 6.92 Å². The average molecular weight is 216 g/mol. The number of rotatable bonds is 5. The highest BCUT2D eigenvalue weighted by molar-refractivity contribution is 5.94. The maximum Gasteiger partial charge on any atom is 0.330 e. The maximum atomic E-state index is 10.5. The molecule has 0 aromatic carbocycles. The third-order valence-electron chi connectivity index (χ3n) is 1.24. The fourth-order valence-electron chi connectivity index (χ4n) is 0.536. The molecule has 2 N–H and O–H groups in total. The van der Waals surface area contributed by atoms with Crippen LogP contribution in [0.5, 0.6) is 0 Å². The summed E-state index contributed by atoms with van der Waals surface area (Å²) in [5.41, 5.74) is 0.176. The molecule has 0 spiro atoms. The van der Waals surface area contributed by atoms with E-state index >= 15 is 0 Å². The molecule has 86 valence electrons. The van der Waals surface area contributed by atoms with Gasteiger partial charge in [-0.1, -0.05) is 13.5 Å². The molecule has 15 heavy (non-hydrogen) atoms. The van der Waals surface area contributed by atoms with Crippen LogP contribution in [-0.2, 0) is 14.4 Å². The molecule has 0 unspecified atom stereocenters. The van der Waals surface area contributed by atoms with Gasteiger partial charge in [-0.3, -0.25) is 9.59 Å². The van der Waals surface area contributed by atoms with Gasteiger partial charge in [0.05, 0.1) is 0 Å². The van der Waals surface area contributed by atoms with E-state index < -0.39 is 11.9 Å². The Morgan fingerprint density at radius 2 is 1.60 bits per heavy atom. The number of hydrogen-bond donors (Lipinski definition) is 2. The first kappa shape index (κ1) is 15.8. The number of Topliss-reactive ketones (excluding diaryl/α,β-unsaturated/α-hetero) is 1. The molecule has 0 fully saturated rings. The molecule has 0 aliphatic heterocycles. The second kappa shape index (κ2) is 8.93. The van der Waals surface area contributed by atoms with Crippen LogP contribution in [0.25, 0.3) is 0 Å². The Balaban J connectivity index is 0. The molecule has 0 saturated heterocycles. The van der Waals surface area contributed by atoms with E-state index in [9.17, 15) is 14.4 Å². The van der Waals surface area contributed by atoms with Crippen LogP contribution in [-0.4, -0.2) is 27.9 Å². The van der Waals surface area contributed by atoms with Crippen LogP contribution >= 0.6 is 0 Å². The van der Waals surface area contributed by atoms with Crippen molar-refractivity contribution in [2.75, 3.05) is 0 Å². The maximum absolute atomic E-state index is 10.5. The molecule has 0 radical (unpaired) electrons. The van der Waals surface area contributed by atoms with Crippen LogP contribution in [0.3, 0.4) is 0 Å². The zero-order valence-corrected chi connectivity index (χ0v) is 8.95. The van der Waals surface area contributed by atoms with Gasteiger partial charge in [-0.05, 0) is 13.3 Å². The summed E-state index contributed by atoms with van der Waals surface area (Å²) in [4.78, 5) is 29.9. The lowest BCUT2D eigenvalue weighted by atomic mass is 10.2. The molecule has 5 heteroatoms. The number of carboxylic acid groups (broad SMARTS) is 2. The monoisotopic (exact) mass is 216 g/mol. The Labute approximate surface area is 88.4 Å². The summed E-state index contributed by atoms with van der Waals surface area (Å²) in [5.74, 6) is -2.16. The van der Waals surface area contributed by atoms with Gasteiger partial charge in [0.15, 0.2) is 0 Å². The summed E-state index contributed by atoms with van der Waals surface area (Å²) in [7, 11) is 0. The second-order valence-electron chi connectivity index (χ2n) is 2.94. The molecule has 5 nitrogen and oxygen atoms in total. The Hall–Kier alpha value is -1.65. The highest BCUT2D eigenvalue weighted by Gasteiger charge is 2.04. The topological polar surface area (TPSA) is 91.7 Å². The van der Waals surface area contributed by atoms with E-state index in [2.05, 4.69) is 6.58 Å². The average Bonchev–Trinajstić information content (AvgIpc) is 2.03. The van der Waals surface area contributed by atoms with Crippen molar-refractivity contribution in [2.24, 2.45) is 0 Å². The van der Waals surface area contributed by atoms with Crippen LogP contribution in [0, 0.1) is 0 Å². The summed E-state index contributed by atoms with van der Waals surface area (Å²) in [6.45, 7) is 6.45. The van der Waals surface area contributed by atoms with E-state index in [1.165, 1.54) is 6.92 Å². The zero-order valence-electron chi connectivity index (χ0n) is 8.95. The SMILES string of the molecule is C=C(C)C(=O)O.CCCC(=O)CC(=O)O. The lowest BCUT2D eigenvalue weighted by molar-refractivity contribution is -0.140. The van der Waals surface area contributed by atoms with Crippen molar-refractivity contribution < 1.29 is 24.6 Å². The predicted octanol–water partition coefficient (Wildman–Crippen LogP) is 1.48. The van der Waals surface area contributed by atoms with Crippen molar-refractivity contribution in [1.29, 1.82) is 0 Å². The fourth-order valence-corrected chi connectivity index (χ4v) is 0.536. The van der Waals surface area contributed by atoms with E-state index in [1.54, 1.807) is 0 Å². The van der Waals surface area contributed by atoms with Gasteiger partial charge < -0.3 is 10.2 Å². The first-order valence-electron chi connectivity index (χ1n) is 4.43. The number of carbonyl (C=O) groups excluding carboxylic acids is 1. The minimum atomic E-state index is -1.03. The molecule has 0 atom stereocenters. The van der Waals surface area contributed by atoms with E-state index in [-0.39, 0.29) is 17.8 Å². The molecular weight excluding hydrogens is 200 g/mol. The van der Waals surface area contributed by atoms with Gasteiger partial charge >= 0.3 is 11.9 Å². The number of carbonyl (C=O) groups is 3. The van der Waals surface area contributed by atoms with Crippen molar-refractivity contribution >= 4 is 17.7 Å². The van der Waals surface area contributed by atoms with Crippen molar-refractivity contribution in [3.8, 4) is 0 Å². The summed E-state index contributed by atoms with van der Waals surface area (Å²) < 4.78 is 0. The molecule has 0 bridgehead atoms. The fraction of sp³-hybridized carbons (Fsp3) is 0.500. The number of carboxylic acids is 2. The van der Waals surface area contributed by atoms with Gasteiger partial charge in [0, 0.05) is 12.0 Å². The summed E-state index contributed by atoms with van der Waals surface area (Å²) in [5, 5.41) is 16.0. The summed E-state index contributed by atoms with van der Waals surface area (Å²) >= 11 is 0. The first-order valence-corrected chi connectivity index (χ1v) is 4.43. The van der Waals surface area contributed by atoms with Crippen LogP contribution in [0.1, 0.15) is 33.1 Å². The Morgan fingerprint density at radius 3 is 1.80 bits per heavy atom. The third kappa shape index (κ3) is 15.1. The molecular formula is C10H16O5. The minimum Gasteiger partial charge on any atom is -0.481 e. The van der Waals surface area contributed by atoms with Gasteiger partial charge in [0.2, 0.25) is 0 Å². The van der Waals surface area contributed by atoms with Crippen molar-refractivity contribution in [3.05, 3.63) is 12.2 Å². The van der Waals surface area contributed by atoms with Gasteiger partial charge in [0.25, 0.3) is 0 Å². The molecule has 0 aromatic rings. The Bertz CT molecular complexity index is 243. The number of aliphatic carboxylic acids is 2. The Morgan fingerprint density at radius 1 is 1.20 bits per heavy atom. The molecule has 0 aliphatic carbocycles.